The fourth-order valence-electron chi connectivity index (χ4n) is 1.81. The van der Waals surface area contributed by atoms with Gasteiger partial charge in [0.25, 0.3) is 0 Å². The van der Waals surface area contributed by atoms with E-state index >= 15 is 0 Å². The summed E-state index contributed by atoms with van der Waals surface area (Å²) in [5.74, 6) is 1.55. The molecule has 5 heteroatoms. The van der Waals surface area contributed by atoms with Crippen molar-refractivity contribution in [1.29, 1.82) is 0 Å². The van der Waals surface area contributed by atoms with Gasteiger partial charge in [-0.2, -0.15) is 0 Å². The summed E-state index contributed by atoms with van der Waals surface area (Å²) < 4.78 is 11.4. The molecule has 0 fully saturated rings. The van der Waals surface area contributed by atoms with E-state index in [0.29, 0.717) is 22.8 Å². The second-order valence-corrected chi connectivity index (χ2v) is 6.08. The second-order valence-electron chi connectivity index (χ2n) is 4.21. The monoisotopic (exact) mass is 366 g/mol. The zero-order valence-electron chi connectivity index (χ0n) is 11.8. The number of hydrogen-bond acceptors (Lipinski definition) is 4. The molecular formula is C16H15BrO3S. The molecule has 0 aliphatic rings. The van der Waals surface area contributed by atoms with Crippen LogP contribution >= 0.6 is 27.7 Å². The third kappa shape index (κ3) is 4.02. The van der Waals surface area contributed by atoms with Crippen molar-refractivity contribution in [2.24, 2.45) is 0 Å². The standard InChI is InChI=1S/C16H15BrO3S/c1-19-11-7-8-15(20-2)12(9-11)14(18)10-21-16-6-4-3-5-13(16)17/h3-9H,10H2,1-2H3. The molecule has 0 atom stereocenters. The first kappa shape index (κ1) is 15.9. The van der Waals surface area contributed by atoms with E-state index in [4.69, 9.17) is 9.47 Å². The van der Waals surface area contributed by atoms with E-state index in [1.54, 1.807) is 32.4 Å². The van der Waals surface area contributed by atoms with Gasteiger partial charge in [0, 0.05) is 9.37 Å². The van der Waals surface area contributed by atoms with Crippen molar-refractivity contribution >= 4 is 33.5 Å². The molecule has 0 saturated heterocycles. The highest BCUT2D eigenvalue weighted by molar-refractivity contribution is 9.10. The number of Topliss-reactive ketones (excluding diaryl/α,β-unsaturated/α-hetero) is 1. The molecule has 0 unspecified atom stereocenters. The summed E-state index contributed by atoms with van der Waals surface area (Å²) >= 11 is 4.97. The van der Waals surface area contributed by atoms with Crippen LogP contribution in [-0.2, 0) is 0 Å². The molecule has 0 aliphatic carbocycles. The van der Waals surface area contributed by atoms with Gasteiger partial charge in [0.2, 0.25) is 0 Å². The van der Waals surface area contributed by atoms with Gasteiger partial charge in [0.05, 0.1) is 25.5 Å². The van der Waals surface area contributed by atoms with Crippen molar-refractivity contribution in [3.8, 4) is 11.5 Å². The van der Waals surface area contributed by atoms with E-state index in [9.17, 15) is 4.79 Å². The second kappa shape index (κ2) is 7.52. The maximum atomic E-state index is 12.4. The summed E-state index contributed by atoms with van der Waals surface area (Å²) in [7, 11) is 3.13. The lowest BCUT2D eigenvalue weighted by atomic mass is 10.1. The lowest BCUT2D eigenvalue weighted by Gasteiger charge is -2.10. The van der Waals surface area contributed by atoms with Gasteiger partial charge in [0.1, 0.15) is 11.5 Å². The molecule has 0 spiro atoms. The van der Waals surface area contributed by atoms with Crippen LogP contribution in [0.25, 0.3) is 0 Å². The first-order valence-corrected chi connectivity index (χ1v) is 8.06. The minimum atomic E-state index is 0.00602. The Bertz CT molecular complexity index is 643. The first-order valence-electron chi connectivity index (χ1n) is 6.28. The number of carbonyl (C=O) groups excluding carboxylic acids is 1. The molecule has 2 aromatic carbocycles. The van der Waals surface area contributed by atoms with E-state index in [-0.39, 0.29) is 5.78 Å². The zero-order valence-corrected chi connectivity index (χ0v) is 14.2. The van der Waals surface area contributed by atoms with E-state index < -0.39 is 0 Å². The van der Waals surface area contributed by atoms with E-state index in [2.05, 4.69) is 15.9 Å². The Morgan fingerprint density at radius 3 is 2.57 bits per heavy atom. The maximum Gasteiger partial charge on any atom is 0.176 e. The Kier molecular flexibility index (Phi) is 5.70. The van der Waals surface area contributed by atoms with Crippen LogP contribution < -0.4 is 9.47 Å². The fourth-order valence-corrected chi connectivity index (χ4v) is 3.27. The molecule has 3 nitrogen and oxygen atoms in total. The van der Waals surface area contributed by atoms with E-state index in [1.807, 2.05) is 24.3 Å². The molecule has 21 heavy (non-hydrogen) atoms. The summed E-state index contributed by atoms with van der Waals surface area (Å²) in [5, 5.41) is 0. The average molecular weight is 367 g/mol. The van der Waals surface area contributed by atoms with Crippen LogP contribution in [-0.4, -0.2) is 25.8 Å². The number of thioether (sulfide) groups is 1. The number of carbonyl (C=O) groups is 1. The predicted octanol–water partition coefficient (Wildman–Crippen LogP) is 4.44. The van der Waals surface area contributed by atoms with Gasteiger partial charge in [-0.3, -0.25) is 4.79 Å². The molecule has 2 aromatic rings. The van der Waals surface area contributed by atoms with Crippen LogP contribution in [0.5, 0.6) is 11.5 Å². The third-order valence-electron chi connectivity index (χ3n) is 2.90. The molecule has 0 N–H and O–H groups in total. The number of methoxy groups -OCH3 is 2. The molecule has 0 saturated carbocycles. The zero-order chi connectivity index (χ0) is 15.2. The smallest absolute Gasteiger partial charge is 0.176 e. The van der Waals surface area contributed by atoms with Gasteiger partial charge in [-0.05, 0) is 46.3 Å². The SMILES string of the molecule is COc1ccc(OC)c(C(=O)CSc2ccccc2Br)c1. The van der Waals surface area contributed by atoms with Crippen molar-refractivity contribution in [1.82, 2.24) is 0 Å². The summed E-state index contributed by atoms with van der Waals surface area (Å²) in [5.41, 5.74) is 0.538. The highest BCUT2D eigenvalue weighted by Gasteiger charge is 2.14. The lowest BCUT2D eigenvalue weighted by molar-refractivity contribution is 0.101. The van der Waals surface area contributed by atoms with Crippen LogP contribution in [0, 0.1) is 0 Å². The van der Waals surface area contributed by atoms with E-state index in [1.165, 1.54) is 11.8 Å². The van der Waals surface area contributed by atoms with Gasteiger partial charge >= 0.3 is 0 Å². The van der Waals surface area contributed by atoms with Crippen LogP contribution in [0.2, 0.25) is 0 Å². The average Bonchev–Trinajstić information content (AvgIpc) is 2.53. The first-order chi connectivity index (χ1) is 10.2. The van der Waals surface area contributed by atoms with Crippen LogP contribution in [0.4, 0.5) is 0 Å². The number of hydrogen-bond donors (Lipinski definition) is 0. The van der Waals surface area contributed by atoms with Crippen molar-refractivity contribution in [2.75, 3.05) is 20.0 Å². The number of benzene rings is 2. The number of rotatable bonds is 6. The molecule has 0 radical (unpaired) electrons. The van der Waals surface area contributed by atoms with Crippen molar-refractivity contribution < 1.29 is 14.3 Å². The molecule has 2 rings (SSSR count). The number of halogens is 1. The normalized spacial score (nSPS) is 10.2. The minimum absolute atomic E-state index is 0.00602. The summed E-state index contributed by atoms with van der Waals surface area (Å²) in [4.78, 5) is 13.4. The van der Waals surface area contributed by atoms with Gasteiger partial charge in [-0.1, -0.05) is 12.1 Å². The Morgan fingerprint density at radius 2 is 1.90 bits per heavy atom. The molecular weight excluding hydrogens is 352 g/mol. The Balaban J connectivity index is 2.15. The Hall–Kier alpha value is -1.46. The Labute approximate surface area is 136 Å². The summed E-state index contributed by atoms with van der Waals surface area (Å²) in [6.07, 6.45) is 0. The van der Waals surface area contributed by atoms with Gasteiger partial charge in [0.15, 0.2) is 5.78 Å². The molecule has 110 valence electrons. The quantitative estimate of drug-likeness (QED) is 0.559. The summed E-state index contributed by atoms with van der Waals surface area (Å²) in [6, 6.07) is 13.1. The van der Waals surface area contributed by atoms with Gasteiger partial charge < -0.3 is 9.47 Å². The van der Waals surface area contributed by atoms with Crippen molar-refractivity contribution in [3.05, 3.63) is 52.5 Å². The van der Waals surface area contributed by atoms with Crippen LogP contribution in [0.1, 0.15) is 10.4 Å². The topological polar surface area (TPSA) is 35.5 Å². The number of ketones is 1. The molecule has 0 bridgehead atoms. The molecule has 0 amide bonds. The highest BCUT2D eigenvalue weighted by Crippen LogP contribution is 2.30. The molecule has 0 aromatic heterocycles. The lowest BCUT2D eigenvalue weighted by Crippen LogP contribution is -2.05. The van der Waals surface area contributed by atoms with E-state index in [0.717, 1.165) is 9.37 Å². The van der Waals surface area contributed by atoms with Crippen molar-refractivity contribution in [3.63, 3.8) is 0 Å². The maximum absolute atomic E-state index is 12.4. The van der Waals surface area contributed by atoms with Gasteiger partial charge in [-0.15, -0.1) is 11.8 Å². The molecule has 0 heterocycles. The molecule has 0 aliphatic heterocycles. The third-order valence-corrected chi connectivity index (χ3v) is 4.93. The van der Waals surface area contributed by atoms with Crippen molar-refractivity contribution in [2.45, 2.75) is 4.90 Å². The predicted molar refractivity (Wildman–Crippen MR) is 88.7 cm³/mol. The summed E-state index contributed by atoms with van der Waals surface area (Å²) in [6.45, 7) is 0. The van der Waals surface area contributed by atoms with Crippen LogP contribution in [0.15, 0.2) is 51.8 Å². The highest BCUT2D eigenvalue weighted by atomic mass is 79.9. The fraction of sp³-hybridized carbons (Fsp3) is 0.188. The number of ether oxygens (including phenoxy) is 2. The van der Waals surface area contributed by atoms with Crippen LogP contribution in [0.3, 0.4) is 0 Å². The van der Waals surface area contributed by atoms with Gasteiger partial charge in [-0.25, -0.2) is 0 Å². The Morgan fingerprint density at radius 1 is 1.14 bits per heavy atom. The largest absolute Gasteiger partial charge is 0.497 e. The minimum Gasteiger partial charge on any atom is -0.497 e.